The number of hydrogen-bond acceptors (Lipinski definition) is 7. The molecule has 228 valence electrons. The minimum Gasteiger partial charge on any atom is -0.485 e. The average Bonchev–Trinajstić information content (AvgIpc) is 3.84. The first-order chi connectivity index (χ1) is 23.3. The first-order valence-electron chi connectivity index (χ1n) is 15.7. The zero-order valence-electron chi connectivity index (χ0n) is 25.1. The van der Waals surface area contributed by atoms with E-state index in [1.54, 1.807) is 22.7 Å². The van der Waals surface area contributed by atoms with Crippen molar-refractivity contribution in [3.63, 3.8) is 0 Å². The van der Waals surface area contributed by atoms with Crippen molar-refractivity contribution in [1.29, 1.82) is 0 Å². The van der Waals surface area contributed by atoms with E-state index in [1.165, 1.54) is 36.5 Å². The molecule has 0 atom stereocenters. The third-order valence-electron chi connectivity index (χ3n) is 8.84. The molecule has 0 bridgehead atoms. The molecule has 2 aliphatic rings. The lowest BCUT2D eigenvalue weighted by Gasteiger charge is -2.17. The Labute approximate surface area is 283 Å². The van der Waals surface area contributed by atoms with Gasteiger partial charge in [0.15, 0.2) is 23.0 Å². The van der Waals surface area contributed by atoms with Crippen LogP contribution in [0, 0.1) is 0 Å². The third kappa shape index (κ3) is 4.30. The second-order valence-corrected chi connectivity index (χ2v) is 14.7. The molecule has 2 aliphatic heterocycles. The number of hydrogen-bond donors (Lipinski definition) is 0. The van der Waals surface area contributed by atoms with Crippen LogP contribution in [0.3, 0.4) is 0 Å². The van der Waals surface area contributed by atoms with Gasteiger partial charge in [-0.2, -0.15) is 0 Å². The number of ether oxygens (including phenoxy) is 4. The molecule has 0 N–H and O–H groups in total. The lowest BCUT2D eigenvalue weighted by atomic mass is 9.98. The van der Waals surface area contributed by atoms with Gasteiger partial charge in [-0.1, -0.05) is 91.0 Å². The maximum absolute atomic E-state index is 6.38. The van der Waals surface area contributed by atoms with Crippen LogP contribution in [0.5, 0.6) is 23.0 Å². The molecule has 5 heterocycles. The lowest BCUT2D eigenvalue weighted by molar-refractivity contribution is 0.175. The number of fused-ring (bicyclic) bond motifs is 7. The molecule has 0 fully saturated rings. The fraction of sp³-hybridized carbons (Fsp3) is 0.100. The predicted molar refractivity (Wildman–Crippen MR) is 196 cm³/mol. The Hall–Kier alpha value is -4.82. The molecule has 0 amide bonds. The van der Waals surface area contributed by atoms with E-state index >= 15 is 0 Å². The SMILES string of the molecule is c1ccc(-c2sc(-c3ccc4sc5c(-c6sc(-c7ccccc7)c7c6OCCO7)cc6ccccc6c5c4c3)c3c2OCCO3)cc1. The van der Waals surface area contributed by atoms with E-state index in [9.17, 15) is 0 Å². The van der Waals surface area contributed by atoms with Gasteiger partial charge in [0.25, 0.3) is 0 Å². The Bertz CT molecular complexity index is 2470. The van der Waals surface area contributed by atoms with Gasteiger partial charge in [0, 0.05) is 25.7 Å². The van der Waals surface area contributed by atoms with Gasteiger partial charge in [-0.15, -0.1) is 34.0 Å². The molecule has 10 rings (SSSR count). The van der Waals surface area contributed by atoms with E-state index in [0.29, 0.717) is 26.4 Å². The second-order valence-electron chi connectivity index (χ2n) is 11.6. The van der Waals surface area contributed by atoms with E-state index < -0.39 is 0 Å². The van der Waals surface area contributed by atoms with Gasteiger partial charge in [0.2, 0.25) is 0 Å². The fourth-order valence-electron chi connectivity index (χ4n) is 6.76. The Morgan fingerprint density at radius 3 is 1.60 bits per heavy atom. The van der Waals surface area contributed by atoms with E-state index in [1.807, 2.05) is 23.5 Å². The van der Waals surface area contributed by atoms with Crippen molar-refractivity contribution in [2.75, 3.05) is 26.4 Å². The van der Waals surface area contributed by atoms with Crippen molar-refractivity contribution < 1.29 is 18.9 Å². The van der Waals surface area contributed by atoms with Gasteiger partial charge in [0.1, 0.15) is 26.4 Å². The molecule has 0 radical (unpaired) electrons. The zero-order valence-corrected chi connectivity index (χ0v) is 27.5. The molecule has 4 nitrogen and oxygen atoms in total. The van der Waals surface area contributed by atoms with Crippen LogP contribution in [0.2, 0.25) is 0 Å². The number of thiophene rings is 3. The highest BCUT2D eigenvalue weighted by atomic mass is 32.1. The minimum absolute atomic E-state index is 0.541. The van der Waals surface area contributed by atoms with Crippen molar-refractivity contribution in [3.05, 3.63) is 109 Å². The Kier molecular flexibility index (Phi) is 6.32. The van der Waals surface area contributed by atoms with Crippen LogP contribution >= 0.6 is 34.0 Å². The Morgan fingerprint density at radius 1 is 0.426 bits per heavy atom. The molecule has 0 spiro atoms. The molecule has 0 aliphatic carbocycles. The van der Waals surface area contributed by atoms with Gasteiger partial charge >= 0.3 is 0 Å². The topological polar surface area (TPSA) is 36.9 Å². The van der Waals surface area contributed by atoms with Gasteiger partial charge in [-0.25, -0.2) is 0 Å². The molecular formula is C40H26O4S3. The predicted octanol–water partition coefficient (Wildman–Crippen LogP) is 11.5. The highest BCUT2D eigenvalue weighted by Gasteiger charge is 2.29. The van der Waals surface area contributed by atoms with E-state index in [4.69, 9.17) is 18.9 Å². The summed E-state index contributed by atoms with van der Waals surface area (Å²) in [4.78, 5) is 4.44. The number of benzene rings is 5. The summed E-state index contributed by atoms with van der Waals surface area (Å²) in [7, 11) is 0. The molecule has 0 unspecified atom stereocenters. The molecule has 47 heavy (non-hydrogen) atoms. The number of rotatable bonds is 4. The van der Waals surface area contributed by atoms with Crippen molar-refractivity contribution in [1.82, 2.24) is 0 Å². The monoisotopic (exact) mass is 666 g/mol. The van der Waals surface area contributed by atoms with Crippen LogP contribution in [0.1, 0.15) is 0 Å². The Morgan fingerprint density at radius 2 is 0.957 bits per heavy atom. The highest BCUT2D eigenvalue weighted by Crippen LogP contribution is 2.58. The molecule has 8 aromatic rings. The van der Waals surface area contributed by atoms with Crippen LogP contribution in [0.15, 0.2) is 109 Å². The summed E-state index contributed by atoms with van der Waals surface area (Å²) >= 11 is 5.35. The van der Waals surface area contributed by atoms with E-state index in [0.717, 1.165) is 59.2 Å². The quantitative estimate of drug-likeness (QED) is 0.187. The average molecular weight is 667 g/mol. The summed E-state index contributed by atoms with van der Waals surface area (Å²) in [6.07, 6.45) is 0. The molecule has 7 heteroatoms. The van der Waals surface area contributed by atoms with Crippen LogP contribution < -0.4 is 18.9 Å². The van der Waals surface area contributed by atoms with Crippen LogP contribution in [0.4, 0.5) is 0 Å². The largest absolute Gasteiger partial charge is 0.485 e. The Balaban J connectivity index is 1.22. The van der Waals surface area contributed by atoms with Crippen molar-refractivity contribution in [2.24, 2.45) is 0 Å². The molecule has 3 aromatic heterocycles. The van der Waals surface area contributed by atoms with Gasteiger partial charge in [0.05, 0.1) is 19.5 Å². The van der Waals surface area contributed by atoms with Crippen molar-refractivity contribution in [3.8, 4) is 64.8 Å². The lowest BCUT2D eigenvalue weighted by Crippen LogP contribution is -2.14. The first-order valence-corrected chi connectivity index (χ1v) is 18.1. The summed E-state index contributed by atoms with van der Waals surface area (Å²) < 4.78 is 27.7. The maximum Gasteiger partial charge on any atom is 0.180 e. The fourth-order valence-corrected chi connectivity index (χ4v) is 10.5. The standard InChI is InChI=1S/C40H26O4S3/c1-3-9-23(10-4-1)36-32-33(42-18-17-41-32)38(46-36)26-15-16-30-28(22-26)31-27-14-8-7-13-25(27)21-29(39(31)45-30)40-35-34(43-19-20-44-35)37(47-40)24-11-5-2-6-12-24/h1-16,21-22H,17-20H2. The molecule has 0 saturated carbocycles. The van der Waals surface area contributed by atoms with Crippen molar-refractivity contribution >= 4 is 65.0 Å². The van der Waals surface area contributed by atoms with Crippen LogP contribution in [0.25, 0.3) is 72.7 Å². The van der Waals surface area contributed by atoms with E-state index in [-0.39, 0.29) is 0 Å². The summed E-state index contributed by atoms with van der Waals surface area (Å²) in [5.41, 5.74) is 4.61. The van der Waals surface area contributed by atoms with Gasteiger partial charge in [-0.05, 0) is 45.7 Å². The highest BCUT2D eigenvalue weighted by molar-refractivity contribution is 7.27. The maximum atomic E-state index is 6.38. The van der Waals surface area contributed by atoms with Crippen LogP contribution in [-0.4, -0.2) is 26.4 Å². The molecule has 0 saturated heterocycles. The zero-order chi connectivity index (χ0) is 30.9. The summed E-state index contributed by atoms with van der Waals surface area (Å²) in [5.74, 6) is 3.40. The van der Waals surface area contributed by atoms with Gasteiger partial charge < -0.3 is 18.9 Å². The molecule has 5 aromatic carbocycles. The summed E-state index contributed by atoms with van der Waals surface area (Å²) in [6, 6.07) is 38.9. The normalized spacial score (nSPS) is 13.9. The van der Waals surface area contributed by atoms with Gasteiger partial charge in [-0.3, -0.25) is 0 Å². The summed E-state index contributed by atoms with van der Waals surface area (Å²) in [5, 5.41) is 4.97. The van der Waals surface area contributed by atoms with Crippen molar-refractivity contribution in [2.45, 2.75) is 0 Å². The first kappa shape index (κ1) is 27.3. The summed E-state index contributed by atoms with van der Waals surface area (Å²) in [6.45, 7) is 2.19. The minimum atomic E-state index is 0.541. The third-order valence-corrected chi connectivity index (χ3v) is 12.5. The molecular weight excluding hydrogens is 641 g/mol. The smallest absolute Gasteiger partial charge is 0.180 e. The van der Waals surface area contributed by atoms with E-state index in [2.05, 4.69) is 97.1 Å². The van der Waals surface area contributed by atoms with Crippen LogP contribution in [-0.2, 0) is 0 Å². The second kappa shape index (κ2) is 10.9.